The minimum Gasteiger partial charge on any atom is -0.481 e. The number of carbonyl (C=O) groups is 1. The standard InChI is InChI=1S/C14H19BrO2/c1-3-10(2)7-12(14(16)17)8-11-5-4-6-13(15)9-11/h4-6,9-10,12H,3,7-8H2,1-2H3,(H,16,17). The number of aliphatic carboxylic acids is 1. The molecular weight excluding hydrogens is 280 g/mol. The van der Waals surface area contributed by atoms with E-state index in [1.54, 1.807) is 0 Å². The van der Waals surface area contributed by atoms with Crippen LogP contribution in [0.5, 0.6) is 0 Å². The molecule has 17 heavy (non-hydrogen) atoms. The van der Waals surface area contributed by atoms with Gasteiger partial charge in [0.15, 0.2) is 0 Å². The van der Waals surface area contributed by atoms with E-state index < -0.39 is 5.97 Å². The van der Waals surface area contributed by atoms with Gasteiger partial charge in [-0.25, -0.2) is 0 Å². The predicted octanol–water partition coefficient (Wildman–Crippen LogP) is 4.13. The lowest BCUT2D eigenvalue weighted by atomic mass is 9.89. The lowest BCUT2D eigenvalue weighted by molar-refractivity contribution is -0.142. The van der Waals surface area contributed by atoms with E-state index >= 15 is 0 Å². The summed E-state index contributed by atoms with van der Waals surface area (Å²) < 4.78 is 1.00. The van der Waals surface area contributed by atoms with E-state index in [1.165, 1.54) is 0 Å². The Morgan fingerprint density at radius 2 is 2.18 bits per heavy atom. The molecule has 0 aromatic heterocycles. The topological polar surface area (TPSA) is 37.3 Å². The summed E-state index contributed by atoms with van der Waals surface area (Å²) in [6.07, 6.45) is 2.39. The highest BCUT2D eigenvalue weighted by molar-refractivity contribution is 9.10. The Morgan fingerprint density at radius 3 is 2.71 bits per heavy atom. The van der Waals surface area contributed by atoms with Crippen molar-refractivity contribution >= 4 is 21.9 Å². The van der Waals surface area contributed by atoms with Crippen LogP contribution >= 0.6 is 15.9 Å². The quantitative estimate of drug-likeness (QED) is 0.857. The van der Waals surface area contributed by atoms with Gasteiger partial charge in [-0.3, -0.25) is 4.79 Å². The molecule has 3 heteroatoms. The molecule has 0 radical (unpaired) electrons. The maximum atomic E-state index is 11.2. The van der Waals surface area contributed by atoms with Crippen molar-refractivity contribution in [3.05, 3.63) is 34.3 Å². The van der Waals surface area contributed by atoms with Gasteiger partial charge in [0.1, 0.15) is 0 Å². The van der Waals surface area contributed by atoms with Gasteiger partial charge < -0.3 is 5.11 Å². The van der Waals surface area contributed by atoms with Crippen molar-refractivity contribution in [2.75, 3.05) is 0 Å². The number of carboxylic acids is 1. The Balaban J connectivity index is 2.70. The summed E-state index contributed by atoms with van der Waals surface area (Å²) in [4.78, 5) is 11.2. The minimum atomic E-state index is -0.690. The van der Waals surface area contributed by atoms with Crippen molar-refractivity contribution in [1.82, 2.24) is 0 Å². The Kier molecular flexibility index (Phi) is 5.69. The third-order valence-electron chi connectivity index (χ3n) is 3.10. The highest BCUT2D eigenvalue weighted by Crippen LogP contribution is 2.21. The molecule has 0 saturated carbocycles. The van der Waals surface area contributed by atoms with E-state index in [0.717, 1.165) is 22.9 Å². The predicted molar refractivity (Wildman–Crippen MR) is 73.0 cm³/mol. The van der Waals surface area contributed by atoms with Crippen LogP contribution in [0.4, 0.5) is 0 Å². The van der Waals surface area contributed by atoms with Gasteiger partial charge in [-0.1, -0.05) is 48.3 Å². The van der Waals surface area contributed by atoms with E-state index in [9.17, 15) is 9.90 Å². The lowest BCUT2D eigenvalue weighted by Gasteiger charge is -2.16. The number of hydrogen-bond acceptors (Lipinski definition) is 1. The van der Waals surface area contributed by atoms with Crippen LogP contribution in [0.3, 0.4) is 0 Å². The number of hydrogen-bond donors (Lipinski definition) is 1. The molecule has 2 nitrogen and oxygen atoms in total. The second kappa shape index (κ2) is 6.80. The zero-order valence-corrected chi connectivity index (χ0v) is 11.9. The molecule has 1 rings (SSSR count). The van der Waals surface area contributed by atoms with Crippen molar-refractivity contribution < 1.29 is 9.90 Å². The maximum absolute atomic E-state index is 11.2. The molecule has 0 aliphatic carbocycles. The van der Waals surface area contributed by atoms with Crippen LogP contribution in [0.2, 0.25) is 0 Å². The summed E-state index contributed by atoms with van der Waals surface area (Å²) in [6.45, 7) is 4.21. The zero-order chi connectivity index (χ0) is 12.8. The molecule has 0 spiro atoms. The van der Waals surface area contributed by atoms with Crippen LogP contribution in [0.25, 0.3) is 0 Å². The number of carboxylic acid groups (broad SMARTS) is 1. The van der Waals surface area contributed by atoms with Gasteiger partial charge in [-0.2, -0.15) is 0 Å². The summed E-state index contributed by atoms with van der Waals surface area (Å²) in [5, 5.41) is 9.24. The molecule has 0 aliphatic heterocycles. The third kappa shape index (κ3) is 4.90. The average molecular weight is 299 g/mol. The third-order valence-corrected chi connectivity index (χ3v) is 3.60. The first-order valence-electron chi connectivity index (χ1n) is 6.00. The van der Waals surface area contributed by atoms with Gasteiger partial charge in [-0.05, 0) is 36.5 Å². The van der Waals surface area contributed by atoms with Crippen LogP contribution in [0.15, 0.2) is 28.7 Å². The van der Waals surface area contributed by atoms with Gasteiger partial charge in [0, 0.05) is 4.47 Å². The lowest BCUT2D eigenvalue weighted by Crippen LogP contribution is -2.19. The first kappa shape index (κ1) is 14.2. The fraction of sp³-hybridized carbons (Fsp3) is 0.500. The maximum Gasteiger partial charge on any atom is 0.306 e. The number of halogens is 1. The molecule has 1 aromatic rings. The first-order valence-corrected chi connectivity index (χ1v) is 6.79. The minimum absolute atomic E-state index is 0.278. The van der Waals surface area contributed by atoms with Crippen LogP contribution in [-0.4, -0.2) is 11.1 Å². The molecule has 0 amide bonds. The van der Waals surface area contributed by atoms with Gasteiger partial charge in [0.25, 0.3) is 0 Å². The van der Waals surface area contributed by atoms with Crippen molar-refractivity contribution in [1.29, 1.82) is 0 Å². The monoisotopic (exact) mass is 298 g/mol. The summed E-state index contributed by atoms with van der Waals surface area (Å²) in [7, 11) is 0. The number of rotatable bonds is 6. The molecule has 2 atom stereocenters. The Morgan fingerprint density at radius 1 is 1.47 bits per heavy atom. The summed E-state index contributed by atoms with van der Waals surface area (Å²) in [5.74, 6) is -0.507. The van der Waals surface area contributed by atoms with Gasteiger partial charge in [-0.15, -0.1) is 0 Å². The van der Waals surface area contributed by atoms with E-state index in [-0.39, 0.29) is 5.92 Å². The largest absolute Gasteiger partial charge is 0.481 e. The van der Waals surface area contributed by atoms with Crippen molar-refractivity contribution in [2.24, 2.45) is 11.8 Å². The summed E-state index contributed by atoms with van der Waals surface area (Å²) >= 11 is 3.41. The second-order valence-electron chi connectivity index (χ2n) is 4.62. The fourth-order valence-corrected chi connectivity index (χ4v) is 2.32. The van der Waals surface area contributed by atoms with E-state index in [2.05, 4.69) is 29.8 Å². The Hall–Kier alpha value is -0.830. The molecule has 0 fully saturated rings. The SMILES string of the molecule is CCC(C)CC(Cc1cccc(Br)c1)C(=O)O. The first-order chi connectivity index (χ1) is 8.02. The van der Waals surface area contributed by atoms with Crippen LogP contribution < -0.4 is 0 Å². The molecule has 1 N–H and O–H groups in total. The molecule has 0 saturated heterocycles. The highest BCUT2D eigenvalue weighted by atomic mass is 79.9. The van der Waals surface area contributed by atoms with Crippen LogP contribution in [-0.2, 0) is 11.2 Å². The molecule has 1 aromatic carbocycles. The zero-order valence-electron chi connectivity index (χ0n) is 10.3. The molecule has 2 unspecified atom stereocenters. The van der Waals surface area contributed by atoms with Crippen molar-refractivity contribution in [2.45, 2.75) is 33.1 Å². The van der Waals surface area contributed by atoms with Crippen LogP contribution in [0, 0.1) is 11.8 Å². The number of benzene rings is 1. The van der Waals surface area contributed by atoms with Gasteiger partial charge in [0.2, 0.25) is 0 Å². The van der Waals surface area contributed by atoms with Crippen molar-refractivity contribution in [3.63, 3.8) is 0 Å². The Bertz CT molecular complexity index is 376. The van der Waals surface area contributed by atoms with Crippen LogP contribution in [0.1, 0.15) is 32.3 Å². The molecule has 0 bridgehead atoms. The summed E-state index contributed by atoms with van der Waals surface area (Å²) in [5.41, 5.74) is 1.08. The van der Waals surface area contributed by atoms with Gasteiger partial charge >= 0.3 is 5.97 Å². The molecule has 0 heterocycles. The van der Waals surface area contributed by atoms with Gasteiger partial charge in [0.05, 0.1) is 5.92 Å². The van der Waals surface area contributed by atoms with Crippen molar-refractivity contribution in [3.8, 4) is 0 Å². The van der Waals surface area contributed by atoms with E-state index in [4.69, 9.17) is 0 Å². The highest BCUT2D eigenvalue weighted by Gasteiger charge is 2.20. The molecule has 0 aliphatic rings. The molecular formula is C14H19BrO2. The smallest absolute Gasteiger partial charge is 0.306 e. The normalized spacial score (nSPS) is 14.3. The second-order valence-corrected chi connectivity index (χ2v) is 5.53. The van der Waals surface area contributed by atoms with E-state index in [1.807, 2.05) is 24.3 Å². The average Bonchev–Trinajstić information content (AvgIpc) is 2.27. The fourth-order valence-electron chi connectivity index (χ4n) is 1.87. The summed E-state index contributed by atoms with van der Waals surface area (Å²) in [6, 6.07) is 7.87. The molecule has 94 valence electrons. The van der Waals surface area contributed by atoms with E-state index in [0.29, 0.717) is 12.3 Å². The Labute approximate surface area is 111 Å².